The predicted octanol–water partition coefficient (Wildman–Crippen LogP) is 2.62. The molecule has 0 spiro atoms. The Balaban J connectivity index is 1.63. The fourth-order valence-electron chi connectivity index (χ4n) is 1.66. The van der Waals surface area contributed by atoms with E-state index in [0.29, 0.717) is 5.41 Å². The van der Waals surface area contributed by atoms with Crippen LogP contribution in [0.4, 0.5) is 0 Å². The molecule has 0 heterocycles. The molecule has 0 amide bonds. The van der Waals surface area contributed by atoms with E-state index in [2.05, 4.69) is 42.6 Å². The first-order valence-corrected chi connectivity index (χ1v) is 5.53. The second kappa shape index (κ2) is 4.14. The number of hydrogen-bond acceptors (Lipinski definition) is 1. The molecular weight excluding hydrogens is 170 g/mol. The highest BCUT2D eigenvalue weighted by atomic mass is 14.9. The molecule has 1 fully saturated rings. The normalized spacial score (nSPS) is 18.1. The minimum atomic E-state index is 0.636. The van der Waals surface area contributed by atoms with Crippen LogP contribution >= 0.6 is 0 Å². The van der Waals surface area contributed by atoms with Crippen molar-refractivity contribution >= 4 is 0 Å². The first kappa shape index (κ1) is 9.72. The maximum absolute atomic E-state index is 3.54. The zero-order valence-corrected chi connectivity index (χ0v) is 8.92. The van der Waals surface area contributed by atoms with Crippen LogP contribution in [0.5, 0.6) is 0 Å². The van der Waals surface area contributed by atoms with Crippen molar-refractivity contribution in [3.8, 4) is 0 Å². The third-order valence-electron chi connectivity index (χ3n) is 3.09. The van der Waals surface area contributed by atoms with Crippen molar-refractivity contribution < 1.29 is 0 Å². The van der Waals surface area contributed by atoms with Crippen LogP contribution in [0.2, 0.25) is 0 Å². The molecule has 2 rings (SSSR count). The van der Waals surface area contributed by atoms with Crippen molar-refractivity contribution in [1.82, 2.24) is 5.32 Å². The van der Waals surface area contributed by atoms with E-state index in [0.717, 1.165) is 13.0 Å². The number of nitrogens with one attached hydrogen (secondary N) is 1. The number of rotatable bonds is 5. The predicted molar refractivity (Wildman–Crippen MR) is 60.4 cm³/mol. The Kier molecular flexibility index (Phi) is 2.87. The Labute approximate surface area is 86.5 Å². The van der Waals surface area contributed by atoms with Gasteiger partial charge in [-0.1, -0.05) is 37.3 Å². The highest BCUT2D eigenvalue weighted by Crippen LogP contribution is 2.43. The van der Waals surface area contributed by atoms with Crippen molar-refractivity contribution in [2.24, 2.45) is 5.41 Å². The number of hydrogen-bond donors (Lipinski definition) is 1. The van der Waals surface area contributed by atoms with Crippen molar-refractivity contribution in [3.63, 3.8) is 0 Å². The van der Waals surface area contributed by atoms with Crippen molar-refractivity contribution in [2.75, 3.05) is 13.1 Å². The lowest BCUT2D eigenvalue weighted by molar-refractivity contribution is 0.502. The highest BCUT2D eigenvalue weighted by molar-refractivity contribution is 5.14. The van der Waals surface area contributed by atoms with Crippen LogP contribution in [-0.4, -0.2) is 13.1 Å². The summed E-state index contributed by atoms with van der Waals surface area (Å²) in [6.07, 6.45) is 3.97. The summed E-state index contributed by atoms with van der Waals surface area (Å²) in [5, 5.41) is 3.54. The van der Waals surface area contributed by atoms with Gasteiger partial charge in [-0.05, 0) is 36.8 Å². The Morgan fingerprint density at radius 3 is 2.57 bits per heavy atom. The monoisotopic (exact) mass is 189 g/mol. The molecule has 1 aromatic rings. The van der Waals surface area contributed by atoms with Gasteiger partial charge in [0.25, 0.3) is 0 Å². The maximum Gasteiger partial charge on any atom is 0.000530 e. The molecular formula is C13H19N. The minimum absolute atomic E-state index is 0.636. The van der Waals surface area contributed by atoms with E-state index in [4.69, 9.17) is 0 Å². The maximum atomic E-state index is 3.54. The van der Waals surface area contributed by atoms with Gasteiger partial charge in [0.15, 0.2) is 0 Å². The summed E-state index contributed by atoms with van der Waals surface area (Å²) in [6, 6.07) is 10.7. The summed E-state index contributed by atoms with van der Waals surface area (Å²) < 4.78 is 0. The third-order valence-corrected chi connectivity index (χ3v) is 3.09. The molecule has 1 aliphatic rings. The second-order valence-electron chi connectivity index (χ2n) is 4.72. The van der Waals surface area contributed by atoms with E-state index in [9.17, 15) is 0 Å². The van der Waals surface area contributed by atoms with E-state index < -0.39 is 0 Å². The van der Waals surface area contributed by atoms with Crippen LogP contribution in [0.1, 0.15) is 25.3 Å². The molecule has 1 aliphatic carbocycles. The fourth-order valence-corrected chi connectivity index (χ4v) is 1.66. The highest BCUT2D eigenvalue weighted by Gasteiger charge is 2.36. The molecule has 1 aromatic carbocycles. The topological polar surface area (TPSA) is 12.0 Å². The van der Waals surface area contributed by atoms with E-state index >= 15 is 0 Å². The molecule has 1 saturated carbocycles. The van der Waals surface area contributed by atoms with Crippen molar-refractivity contribution in [1.29, 1.82) is 0 Å². The van der Waals surface area contributed by atoms with Crippen LogP contribution in [0.3, 0.4) is 0 Å². The third kappa shape index (κ3) is 2.85. The van der Waals surface area contributed by atoms with Crippen molar-refractivity contribution in [2.45, 2.75) is 26.2 Å². The van der Waals surface area contributed by atoms with E-state index in [-0.39, 0.29) is 0 Å². The second-order valence-corrected chi connectivity index (χ2v) is 4.72. The summed E-state index contributed by atoms with van der Waals surface area (Å²) in [6.45, 7) is 4.67. The van der Waals surface area contributed by atoms with Crippen LogP contribution in [0, 0.1) is 5.41 Å². The molecule has 1 heteroatoms. The summed E-state index contributed by atoms with van der Waals surface area (Å²) >= 11 is 0. The Morgan fingerprint density at radius 1 is 1.21 bits per heavy atom. The molecule has 0 aliphatic heterocycles. The Morgan fingerprint density at radius 2 is 1.93 bits per heavy atom. The molecule has 0 radical (unpaired) electrons. The van der Waals surface area contributed by atoms with Gasteiger partial charge in [-0.3, -0.25) is 0 Å². The molecule has 1 N–H and O–H groups in total. The first-order chi connectivity index (χ1) is 6.79. The van der Waals surface area contributed by atoms with Crippen LogP contribution in [-0.2, 0) is 6.42 Å². The van der Waals surface area contributed by atoms with Gasteiger partial charge in [0.1, 0.15) is 0 Å². The van der Waals surface area contributed by atoms with Crippen LogP contribution < -0.4 is 5.32 Å². The van der Waals surface area contributed by atoms with Gasteiger partial charge >= 0.3 is 0 Å². The molecule has 0 saturated heterocycles. The Hall–Kier alpha value is -0.820. The smallest absolute Gasteiger partial charge is 0.000530 e. The summed E-state index contributed by atoms with van der Waals surface area (Å²) in [5.74, 6) is 0. The zero-order valence-electron chi connectivity index (χ0n) is 8.92. The molecule has 76 valence electrons. The lowest BCUT2D eigenvalue weighted by Gasteiger charge is -2.09. The molecule has 0 aromatic heterocycles. The van der Waals surface area contributed by atoms with E-state index in [1.165, 1.54) is 24.9 Å². The van der Waals surface area contributed by atoms with E-state index in [1.807, 2.05) is 0 Å². The Bertz CT molecular complexity index is 275. The lowest BCUT2D eigenvalue weighted by Crippen LogP contribution is -2.24. The van der Waals surface area contributed by atoms with Gasteiger partial charge in [0.05, 0.1) is 0 Å². The standard InChI is InChI=1S/C13H19N/c1-13(8-9-13)11-14-10-7-12-5-3-2-4-6-12/h2-6,14H,7-11H2,1H3. The average molecular weight is 189 g/mol. The van der Waals surface area contributed by atoms with Gasteiger partial charge in [-0.25, -0.2) is 0 Å². The summed E-state index contributed by atoms with van der Waals surface area (Å²) in [5.41, 5.74) is 2.07. The van der Waals surface area contributed by atoms with Gasteiger partial charge < -0.3 is 5.32 Å². The largest absolute Gasteiger partial charge is 0.316 e. The first-order valence-electron chi connectivity index (χ1n) is 5.53. The van der Waals surface area contributed by atoms with Crippen molar-refractivity contribution in [3.05, 3.63) is 35.9 Å². The number of benzene rings is 1. The molecule has 0 unspecified atom stereocenters. The molecule has 14 heavy (non-hydrogen) atoms. The minimum Gasteiger partial charge on any atom is -0.316 e. The lowest BCUT2D eigenvalue weighted by atomic mass is 10.1. The average Bonchev–Trinajstić information content (AvgIpc) is 2.94. The SMILES string of the molecule is CC1(CNCCc2ccccc2)CC1. The molecule has 0 atom stereocenters. The quantitative estimate of drug-likeness (QED) is 0.702. The fraction of sp³-hybridized carbons (Fsp3) is 0.538. The van der Waals surface area contributed by atoms with Crippen LogP contribution in [0.25, 0.3) is 0 Å². The molecule has 1 nitrogen and oxygen atoms in total. The zero-order chi connectivity index (χ0) is 9.86. The van der Waals surface area contributed by atoms with Crippen LogP contribution in [0.15, 0.2) is 30.3 Å². The molecule has 0 bridgehead atoms. The van der Waals surface area contributed by atoms with Gasteiger partial charge in [-0.15, -0.1) is 0 Å². The van der Waals surface area contributed by atoms with Gasteiger partial charge in [0, 0.05) is 6.54 Å². The summed E-state index contributed by atoms with van der Waals surface area (Å²) in [7, 11) is 0. The van der Waals surface area contributed by atoms with Gasteiger partial charge in [-0.2, -0.15) is 0 Å². The van der Waals surface area contributed by atoms with Gasteiger partial charge in [0.2, 0.25) is 0 Å². The van der Waals surface area contributed by atoms with E-state index in [1.54, 1.807) is 0 Å². The summed E-state index contributed by atoms with van der Waals surface area (Å²) in [4.78, 5) is 0.